The first-order valence-electron chi connectivity index (χ1n) is 6.94. The molecular formula is C14H29NOS. The molecule has 1 rings (SSSR count). The third-order valence-electron chi connectivity index (χ3n) is 4.39. The summed E-state index contributed by atoms with van der Waals surface area (Å²) in [6.07, 6.45) is 5.47. The highest BCUT2D eigenvalue weighted by molar-refractivity contribution is 7.99. The van der Waals surface area contributed by atoms with E-state index in [0.717, 1.165) is 19.3 Å². The Bertz CT molecular complexity index is 232. The van der Waals surface area contributed by atoms with Crippen LogP contribution in [0.25, 0.3) is 0 Å². The van der Waals surface area contributed by atoms with Gasteiger partial charge < -0.3 is 10.8 Å². The zero-order chi connectivity index (χ0) is 12.9. The maximum absolute atomic E-state index is 10.6. The van der Waals surface area contributed by atoms with Crippen molar-refractivity contribution < 1.29 is 5.11 Å². The van der Waals surface area contributed by atoms with Gasteiger partial charge in [-0.15, -0.1) is 0 Å². The molecule has 0 aliphatic heterocycles. The zero-order valence-electron chi connectivity index (χ0n) is 11.7. The van der Waals surface area contributed by atoms with Crippen molar-refractivity contribution in [1.29, 1.82) is 0 Å². The van der Waals surface area contributed by atoms with E-state index in [4.69, 9.17) is 5.73 Å². The molecule has 0 bridgehead atoms. The lowest BCUT2D eigenvalue weighted by Gasteiger charge is -2.49. The summed E-state index contributed by atoms with van der Waals surface area (Å²) in [4.78, 5) is 0. The van der Waals surface area contributed by atoms with Crippen LogP contribution in [0.2, 0.25) is 0 Å². The standard InChI is InChI=1S/C14H29NOS/c1-4-17-10-6-9-14(11-15)8-5-7-13(2,3)12(14)16/h12,16H,4-11,15H2,1-3H3. The number of hydrogen-bond donors (Lipinski definition) is 2. The summed E-state index contributed by atoms with van der Waals surface area (Å²) in [6.45, 7) is 7.19. The molecule has 0 amide bonds. The number of rotatable bonds is 6. The van der Waals surface area contributed by atoms with Gasteiger partial charge in [-0.1, -0.05) is 27.2 Å². The summed E-state index contributed by atoms with van der Waals surface area (Å²) in [5, 5.41) is 10.6. The first-order chi connectivity index (χ1) is 7.98. The lowest BCUT2D eigenvalue weighted by atomic mass is 9.59. The second-order valence-corrected chi connectivity index (χ2v) is 7.51. The van der Waals surface area contributed by atoms with Gasteiger partial charge in [0, 0.05) is 12.0 Å². The van der Waals surface area contributed by atoms with Crippen LogP contribution in [0.15, 0.2) is 0 Å². The molecule has 3 N–H and O–H groups in total. The SMILES string of the molecule is CCSCCCC1(CN)CCCC(C)(C)C1O. The molecule has 1 fully saturated rings. The van der Waals surface area contributed by atoms with Gasteiger partial charge in [0.2, 0.25) is 0 Å². The van der Waals surface area contributed by atoms with Gasteiger partial charge in [0.05, 0.1) is 6.10 Å². The van der Waals surface area contributed by atoms with Gasteiger partial charge >= 0.3 is 0 Å². The van der Waals surface area contributed by atoms with Crippen molar-refractivity contribution in [3.63, 3.8) is 0 Å². The minimum atomic E-state index is -0.236. The fourth-order valence-electron chi connectivity index (χ4n) is 3.25. The average Bonchev–Trinajstić information content (AvgIpc) is 2.30. The van der Waals surface area contributed by atoms with E-state index >= 15 is 0 Å². The van der Waals surface area contributed by atoms with E-state index in [-0.39, 0.29) is 16.9 Å². The van der Waals surface area contributed by atoms with Gasteiger partial charge in [-0.2, -0.15) is 11.8 Å². The molecule has 0 aromatic heterocycles. The Morgan fingerprint density at radius 3 is 2.65 bits per heavy atom. The molecule has 1 aliphatic rings. The fraction of sp³-hybridized carbons (Fsp3) is 1.00. The largest absolute Gasteiger partial charge is 0.392 e. The molecule has 0 radical (unpaired) electrons. The molecule has 1 aliphatic carbocycles. The summed E-state index contributed by atoms with van der Waals surface area (Å²) in [5.74, 6) is 2.38. The van der Waals surface area contributed by atoms with Crippen LogP contribution in [0.4, 0.5) is 0 Å². The maximum atomic E-state index is 10.6. The van der Waals surface area contributed by atoms with Crippen molar-refractivity contribution in [1.82, 2.24) is 0 Å². The quantitative estimate of drug-likeness (QED) is 0.721. The Labute approximate surface area is 111 Å². The van der Waals surface area contributed by atoms with Crippen molar-refractivity contribution in [3.8, 4) is 0 Å². The second-order valence-electron chi connectivity index (χ2n) is 6.11. The van der Waals surface area contributed by atoms with Crippen LogP contribution in [0.5, 0.6) is 0 Å². The van der Waals surface area contributed by atoms with Crippen LogP contribution in [0, 0.1) is 10.8 Å². The smallest absolute Gasteiger partial charge is 0.0659 e. The van der Waals surface area contributed by atoms with Crippen molar-refractivity contribution in [3.05, 3.63) is 0 Å². The Morgan fingerprint density at radius 2 is 2.06 bits per heavy atom. The van der Waals surface area contributed by atoms with Crippen molar-refractivity contribution >= 4 is 11.8 Å². The van der Waals surface area contributed by atoms with Gasteiger partial charge in [-0.05, 0) is 42.6 Å². The Hall–Kier alpha value is 0.270. The average molecular weight is 259 g/mol. The van der Waals surface area contributed by atoms with Gasteiger partial charge in [0.1, 0.15) is 0 Å². The summed E-state index contributed by atoms with van der Waals surface area (Å²) in [6, 6.07) is 0. The summed E-state index contributed by atoms with van der Waals surface area (Å²) in [7, 11) is 0. The highest BCUT2D eigenvalue weighted by Gasteiger charge is 2.47. The minimum absolute atomic E-state index is 0.0178. The predicted molar refractivity (Wildman–Crippen MR) is 77.4 cm³/mol. The van der Waals surface area contributed by atoms with E-state index in [1.165, 1.54) is 24.3 Å². The van der Waals surface area contributed by atoms with Crippen LogP contribution in [-0.2, 0) is 0 Å². The summed E-state index contributed by atoms with van der Waals surface area (Å²) in [5.41, 5.74) is 6.02. The van der Waals surface area contributed by atoms with Gasteiger partial charge in [-0.25, -0.2) is 0 Å². The first-order valence-corrected chi connectivity index (χ1v) is 8.10. The van der Waals surface area contributed by atoms with Gasteiger partial charge in [0.25, 0.3) is 0 Å². The first kappa shape index (κ1) is 15.3. The van der Waals surface area contributed by atoms with E-state index in [1.54, 1.807) is 0 Å². The third kappa shape index (κ3) is 3.62. The number of hydrogen-bond acceptors (Lipinski definition) is 3. The van der Waals surface area contributed by atoms with Crippen LogP contribution < -0.4 is 5.73 Å². The fourth-order valence-corrected chi connectivity index (χ4v) is 3.88. The molecule has 0 aromatic rings. The highest BCUT2D eigenvalue weighted by Crippen LogP contribution is 2.48. The molecule has 0 heterocycles. The molecule has 2 nitrogen and oxygen atoms in total. The van der Waals surface area contributed by atoms with Gasteiger partial charge in [-0.3, -0.25) is 0 Å². The van der Waals surface area contributed by atoms with Crippen LogP contribution in [0.1, 0.15) is 52.9 Å². The lowest BCUT2D eigenvalue weighted by molar-refractivity contribution is -0.0926. The molecule has 0 spiro atoms. The molecule has 1 saturated carbocycles. The number of aliphatic hydroxyl groups excluding tert-OH is 1. The van der Waals surface area contributed by atoms with Crippen LogP contribution in [0.3, 0.4) is 0 Å². The van der Waals surface area contributed by atoms with Crippen molar-refractivity contribution in [2.24, 2.45) is 16.6 Å². The Morgan fingerprint density at radius 1 is 1.35 bits per heavy atom. The van der Waals surface area contributed by atoms with E-state index in [9.17, 15) is 5.11 Å². The highest BCUT2D eigenvalue weighted by atomic mass is 32.2. The Balaban J connectivity index is 2.59. The zero-order valence-corrected chi connectivity index (χ0v) is 12.5. The molecule has 0 aromatic carbocycles. The topological polar surface area (TPSA) is 46.2 Å². The monoisotopic (exact) mass is 259 g/mol. The molecular weight excluding hydrogens is 230 g/mol. The summed E-state index contributed by atoms with van der Waals surface area (Å²) >= 11 is 1.98. The maximum Gasteiger partial charge on any atom is 0.0659 e. The normalized spacial score (nSPS) is 32.6. The molecule has 102 valence electrons. The number of thioether (sulfide) groups is 1. The number of aliphatic hydroxyl groups is 1. The van der Waals surface area contributed by atoms with Crippen molar-refractivity contribution in [2.75, 3.05) is 18.1 Å². The van der Waals surface area contributed by atoms with Crippen LogP contribution in [-0.4, -0.2) is 29.3 Å². The van der Waals surface area contributed by atoms with Crippen molar-refractivity contribution in [2.45, 2.75) is 59.0 Å². The van der Waals surface area contributed by atoms with Crippen LogP contribution >= 0.6 is 11.8 Å². The molecule has 3 heteroatoms. The predicted octanol–water partition coefficient (Wildman–Crippen LogP) is 3.04. The Kier molecular flexibility index (Phi) is 5.81. The van der Waals surface area contributed by atoms with E-state index in [1.807, 2.05) is 11.8 Å². The molecule has 2 unspecified atom stereocenters. The molecule has 2 atom stereocenters. The summed E-state index contributed by atoms with van der Waals surface area (Å²) < 4.78 is 0. The molecule has 0 saturated heterocycles. The van der Waals surface area contributed by atoms with E-state index in [2.05, 4.69) is 20.8 Å². The minimum Gasteiger partial charge on any atom is -0.392 e. The second kappa shape index (κ2) is 6.44. The van der Waals surface area contributed by atoms with Gasteiger partial charge in [0.15, 0.2) is 0 Å². The van der Waals surface area contributed by atoms with E-state index < -0.39 is 0 Å². The van der Waals surface area contributed by atoms with E-state index in [0.29, 0.717) is 6.54 Å². The lowest BCUT2D eigenvalue weighted by Crippen LogP contribution is -2.52. The number of nitrogens with two attached hydrogens (primary N) is 1. The molecule has 17 heavy (non-hydrogen) atoms. The third-order valence-corrected chi connectivity index (χ3v) is 5.38.